The fourth-order valence-corrected chi connectivity index (χ4v) is 2.77. The predicted octanol–water partition coefficient (Wildman–Crippen LogP) is 3.26. The van der Waals surface area contributed by atoms with E-state index in [0.29, 0.717) is 11.1 Å². The monoisotopic (exact) mass is 437 g/mol. The van der Waals surface area contributed by atoms with Gasteiger partial charge >= 0.3 is 5.97 Å². The molecule has 0 spiro atoms. The number of hydrazone groups is 1. The Morgan fingerprint density at radius 3 is 2.74 bits per heavy atom. The molecule has 31 heavy (non-hydrogen) atoms. The van der Waals surface area contributed by atoms with Gasteiger partial charge < -0.3 is 9.84 Å². The van der Waals surface area contributed by atoms with Gasteiger partial charge in [-0.3, -0.25) is 9.78 Å². The number of hydrogen-bond acceptors (Lipinski definition) is 7. The summed E-state index contributed by atoms with van der Waals surface area (Å²) in [5.41, 5.74) is 3.38. The SMILES string of the molecule is CC(Oc1ccc(C=NNc2nc(-c3ccccc3)c(C#N)c(=O)[nH]2)cc1Cl)C(=O)O. The number of halogens is 1. The van der Waals surface area contributed by atoms with Crippen LogP contribution in [0.25, 0.3) is 11.3 Å². The van der Waals surface area contributed by atoms with Crippen LogP contribution in [0.1, 0.15) is 18.1 Å². The second-order valence-electron chi connectivity index (χ2n) is 6.27. The second kappa shape index (κ2) is 9.56. The zero-order chi connectivity index (χ0) is 22.4. The summed E-state index contributed by atoms with van der Waals surface area (Å²) in [6, 6.07) is 15.4. The van der Waals surface area contributed by atoms with Crippen LogP contribution >= 0.6 is 11.6 Å². The van der Waals surface area contributed by atoms with E-state index in [4.69, 9.17) is 21.4 Å². The van der Waals surface area contributed by atoms with E-state index in [1.54, 1.807) is 36.4 Å². The van der Waals surface area contributed by atoms with E-state index in [9.17, 15) is 14.9 Å². The maximum atomic E-state index is 12.2. The first-order valence-electron chi connectivity index (χ1n) is 8.97. The van der Waals surface area contributed by atoms with Gasteiger partial charge in [0.25, 0.3) is 5.56 Å². The number of nitrogens with one attached hydrogen (secondary N) is 2. The highest BCUT2D eigenvalue weighted by Crippen LogP contribution is 2.26. The summed E-state index contributed by atoms with van der Waals surface area (Å²) in [6.45, 7) is 1.40. The van der Waals surface area contributed by atoms with Gasteiger partial charge in [-0.05, 0) is 30.7 Å². The van der Waals surface area contributed by atoms with Gasteiger partial charge in [-0.2, -0.15) is 10.4 Å². The zero-order valence-corrected chi connectivity index (χ0v) is 16.9. The molecule has 1 aromatic heterocycles. The molecule has 3 aromatic rings. The number of H-pyrrole nitrogens is 1. The van der Waals surface area contributed by atoms with E-state index >= 15 is 0 Å². The van der Waals surface area contributed by atoms with E-state index in [2.05, 4.69) is 20.5 Å². The molecule has 3 rings (SSSR count). The minimum atomic E-state index is -1.11. The molecule has 1 heterocycles. The number of ether oxygens (including phenoxy) is 1. The number of carboxylic acids is 1. The molecule has 0 aliphatic carbocycles. The topological polar surface area (TPSA) is 140 Å². The van der Waals surface area contributed by atoms with E-state index in [0.717, 1.165) is 0 Å². The largest absolute Gasteiger partial charge is 0.479 e. The van der Waals surface area contributed by atoms with Gasteiger partial charge in [0, 0.05) is 5.56 Å². The van der Waals surface area contributed by atoms with Crippen LogP contribution in [0, 0.1) is 11.3 Å². The third-order valence-corrected chi connectivity index (χ3v) is 4.37. The maximum absolute atomic E-state index is 12.2. The molecule has 0 aliphatic heterocycles. The Morgan fingerprint density at radius 2 is 2.10 bits per heavy atom. The van der Waals surface area contributed by atoms with Gasteiger partial charge in [0.15, 0.2) is 6.10 Å². The number of benzene rings is 2. The summed E-state index contributed by atoms with van der Waals surface area (Å²) < 4.78 is 5.26. The van der Waals surface area contributed by atoms with Crippen molar-refractivity contribution < 1.29 is 14.6 Å². The maximum Gasteiger partial charge on any atom is 0.344 e. The van der Waals surface area contributed by atoms with Crippen molar-refractivity contribution in [3.8, 4) is 23.1 Å². The van der Waals surface area contributed by atoms with Crippen LogP contribution in [0.4, 0.5) is 5.95 Å². The van der Waals surface area contributed by atoms with Crippen LogP contribution in [0.2, 0.25) is 5.02 Å². The van der Waals surface area contributed by atoms with Crippen molar-refractivity contribution in [1.82, 2.24) is 9.97 Å². The molecule has 1 unspecified atom stereocenters. The number of aliphatic carboxylic acids is 1. The van der Waals surface area contributed by atoms with Crippen LogP contribution < -0.4 is 15.7 Å². The number of aromatic amines is 1. The Balaban J connectivity index is 1.79. The van der Waals surface area contributed by atoms with Crippen LogP contribution in [0.3, 0.4) is 0 Å². The Hall–Kier alpha value is -4.16. The summed E-state index contributed by atoms with van der Waals surface area (Å²) in [5.74, 6) is -0.822. The number of rotatable bonds is 7. The Kier molecular flexibility index (Phi) is 6.64. The number of anilines is 1. The van der Waals surface area contributed by atoms with Gasteiger partial charge in [-0.15, -0.1) is 0 Å². The number of nitriles is 1. The predicted molar refractivity (Wildman–Crippen MR) is 115 cm³/mol. The van der Waals surface area contributed by atoms with Crippen molar-refractivity contribution in [3.63, 3.8) is 0 Å². The molecular formula is C21H16ClN5O4. The summed E-state index contributed by atoms with van der Waals surface area (Å²) in [4.78, 5) is 29.9. The number of aromatic nitrogens is 2. The molecule has 156 valence electrons. The summed E-state index contributed by atoms with van der Waals surface area (Å²) in [7, 11) is 0. The molecular weight excluding hydrogens is 422 g/mol. The first-order chi connectivity index (χ1) is 14.9. The highest BCUT2D eigenvalue weighted by molar-refractivity contribution is 6.32. The standard InChI is InChI=1S/C21H16ClN5O4/c1-12(20(29)30)31-17-8-7-13(9-16(17)22)11-24-27-21-25-18(14-5-3-2-4-6-14)15(10-23)19(28)26-21/h2-9,11-12H,1H3,(H,29,30)(H2,25,26,27,28). The summed E-state index contributed by atoms with van der Waals surface area (Å²) in [6.07, 6.45) is 0.383. The minimum absolute atomic E-state index is 0.0560. The third-order valence-electron chi connectivity index (χ3n) is 4.07. The molecule has 0 saturated heterocycles. The van der Waals surface area contributed by atoms with Crippen LogP contribution in [-0.4, -0.2) is 33.4 Å². The number of carbonyl (C=O) groups is 1. The number of hydrogen-bond donors (Lipinski definition) is 3. The fourth-order valence-electron chi connectivity index (χ4n) is 2.54. The highest BCUT2D eigenvalue weighted by Gasteiger charge is 2.15. The number of carboxylic acid groups (broad SMARTS) is 1. The zero-order valence-electron chi connectivity index (χ0n) is 16.2. The molecule has 0 fully saturated rings. The van der Waals surface area contributed by atoms with E-state index in [1.165, 1.54) is 19.2 Å². The number of nitrogens with zero attached hydrogens (tertiary/aromatic N) is 3. The van der Waals surface area contributed by atoms with Crippen molar-refractivity contribution >= 4 is 29.7 Å². The lowest BCUT2D eigenvalue weighted by molar-refractivity contribution is -0.144. The Morgan fingerprint density at radius 1 is 1.35 bits per heavy atom. The molecule has 3 N–H and O–H groups in total. The normalized spacial score (nSPS) is 11.6. The average Bonchev–Trinajstić information content (AvgIpc) is 2.75. The lowest BCUT2D eigenvalue weighted by atomic mass is 10.1. The lowest BCUT2D eigenvalue weighted by Crippen LogP contribution is -2.23. The van der Waals surface area contributed by atoms with Crippen molar-refractivity contribution in [2.75, 3.05) is 5.43 Å². The first-order valence-corrected chi connectivity index (χ1v) is 9.34. The average molecular weight is 438 g/mol. The van der Waals surface area contributed by atoms with Gasteiger partial charge in [-0.1, -0.05) is 41.9 Å². The van der Waals surface area contributed by atoms with Gasteiger partial charge in [-0.25, -0.2) is 15.2 Å². The van der Waals surface area contributed by atoms with Crippen molar-refractivity contribution in [3.05, 3.63) is 75.0 Å². The molecule has 2 aromatic carbocycles. The van der Waals surface area contributed by atoms with Gasteiger partial charge in [0.05, 0.1) is 16.9 Å². The molecule has 0 amide bonds. The molecule has 0 aliphatic rings. The van der Waals surface area contributed by atoms with Crippen molar-refractivity contribution in [2.45, 2.75) is 13.0 Å². The van der Waals surface area contributed by atoms with Crippen LogP contribution in [0.5, 0.6) is 5.75 Å². The quantitative estimate of drug-likeness (QED) is 0.380. The Bertz CT molecular complexity index is 1230. The van der Waals surface area contributed by atoms with Crippen LogP contribution in [-0.2, 0) is 4.79 Å². The lowest BCUT2D eigenvalue weighted by Gasteiger charge is -2.11. The van der Waals surface area contributed by atoms with E-state index < -0.39 is 17.6 Å². The smallest absolute Gasteiger partial charge is 0.344 e. The highest BCUT2D eigenvalue weighted by atomic mass is 35.5. The van der Waals surface area contributed by atoms with Gasteiger partial charge in [0.1, 0.15) is 17.4 Å². The second-order valence-corrected chi connectivity index (χ2v) is 6.68. The summed E-state index contributed by atoms with van der Waals surface area (Å²) in [5, 5.41) is 22.4. The fraction of sp³-hybridized carbons (Fsp3) is 0.0952. The van der Waals surface area contributed by atoms with Crippen molar-refractivity contribution in [1.29, 1.82) is 5.26 Å². The summed E-state index contributed by atoms with van der Waals surface area (Å²) >= 11 is 6.13. The molecule has 0 bridgehead atoms. The minimum Gasteiger partial charge on any atom is -0.479 e. The molecule has 9 nitrogen and oxygen atoms in total. The third kappa shape index (κ3) is 5.26. The Labute approximate surface area is 181 Å². The van der Waals surface area contributed by atoms with Crippen LogP contribution in [0.15, 0.2) is 58.4 Å². The van der Waals surface area contributed by atoms with E-state index in [-0.39, 0.29) is 28.0 Å². The molecule has 0 radical (unpaired) electrons. The van der Waals surface area contributed by atoms with Gasteiger partial charge in [0.2, 0.25) is 5.95 Å². The van der Waals surface area contributed by atoms with E-state index in [1.807, 2.05) is 12.1 Å². The molecule has 10 heteroatoms. The first kappa shape index (κ1) is 21.5. The molecule has 0 saturated carbocycles. The van der Waals surface area contributed by atoms with Crippen molar-refractivity contribution in [2.24, 2.45) is 5.10 Å². The molecule has 1 atom stereocenters.